The Morgan fingerprint density at radius 3 is 2.35 bits per heavy atom. The second-order valence-corrected chi connectivity index (χ2v) is 7.16. The number of allylic oxidation sites excluding steroid dienone is 1. The molecule has 1 aliphatic rings. The summed E-state index contributed by atoms with van der Waals surface area (Å²) >= 11 is 0. The molecule has 1 heterocycles. The molecule has 7 heteroatoms. The van der Waals surface area contributed by atoms with Crippen molar-refractivity contribution in [3.05, 3.63) is 104 Å². The monoisotopic (exact) mass is 415 g/mol. The van der Waals surface area contributed by atoms with Crippen molar-refractivity contribution in [1.82, 2.24) is 0 Å². The van der Waals surface area contributed by atoms with Crippen molar-refractivity contribution in [3.63, 3.8) is 0 Å². The molecule has 0 saturated heterocycles. The zero-order chi connectivity index (χ0) is 22.1. The number of fused-ring (bicyclic) bond motifs is 1. The van der Waals surface area contributed by atoms with Gasteiger partial charge in [-0.3, -0.25) is 14.9 Å². The van der Waals surface area contributed by atoms with Gasteiger partial charge in [0.05, 0.1) is 16.1 Å². The number of nitro groups is 1. The molecule has 0 aliphatic carbocycles. The third kappa shape index (κ3) is 4.06. The first-order valence-electron chi connectivity index (χ1n) is 9.44. The molecule has 0 unspecified atom stereocenters. The summed E-state index contributed by atoms with van der Waals surface area (Å²) in [6.07, 6.45) is 1.52. The van der Waals surface area contributed by atoms with E-state index in [1.54, 1.807) is 25.1 Å². The highest BCUT2D eigenvalue weighted by molar-refractivity contribution is 6.15. The van der Waals surface area contributed by atoms with E-state index >= 15 is 0 Å². The van der Waals surface area contributed by atoms with E-state index in [2.05, 4.69) is 0 Å². The van der Waals surface area contributed by atoms with Crippen LogP contribution < -0.4 is 9.47 Å². The van der Waals surface area contributed by atoms with Gasteiger partial charge in [0.25, 0.3) is 5.69 Å². The molecule has 0 fully saturated rings. The standard InChI is InChI=1S/C24H17NO6/c1-14-3-7-17(8-4-14)24(27)30-19-11-15(2)22-20(13-19)31-21(23(22)26)12-16-5-9-18(10-6-16)25(28)29/h3-13H,1-2H3/b21-12-. The molecule has 3 aromatic carbocycles. The van der Waals surface area contributed by atoms with Crippen LogP contribution in [0.15, 0.2) is 66.4 Å². The lowest BCUT2D eigenvalue weighted by Crippen LogP contribution is -2.08. The average molecular weight is 415 g/mol. The summed E-state index contributed by atoms with van der Waals surface area (Å²) in [6, 6.07) is 15.9. The van der Waals surface area contributed by atoms with Crippen molar-refractivity contribution in [2.45, 2.75) is 13.8 Å². The lowest BCUT2D eigenvalue weighted by Gasteiger charge is -2.08. The van der Waals surface area contributed by atoms with E-state index < -0.39 is 10.9 Å². The highest BCUT2D eigenvalue weighted by atomic mass is 16.6. The van der Waals surface area contributed by atoms with E-state index in [1.807, 2.05) is 19.1 Å². The number of non-ortho nitro benzene ring substituents is 1. The number of Topliss-reactive ketones (excluding diaryl/α,β-unsaturated/α-hetero) is 1. The zero-order valence-corrected chi connectivity index (χ0v) is 16.7. The third-order valence-electron chi connectivity index (χ3n) is 4.84. The Kier molecular flexibility index (Phi) is 5.09. The van der Waals surface area contributed by atoms with Crippen LogP contribution in [-0.2, 0) is 0 Å². The van der Waals surface area contributed by atoms with Crippen LogP contribution in [0.2, 0.25) is 0 Å². The highest BCUT2D eigenvalue weighted by Crippen LogP contribution is 2.37. The van der Waals surface area contributed by atoms with Crippen molar-refractivity contribution < 1.29 is 24.0 Å². The number of nitro benzene ring substituents is 1. The van der Waals surface area contributed by atoms with Crippen LogP contribution in [0.1, 0.15) is 37.4 Å². The van der Waals surface area contributed by atoms with Crippen LogP contribution in [0.3, 0.4) is 0 Å². The molecule has 4 rings (SSSR count). The topological polar surface area (TPSA) is 95.7 Å². The number of nitrogens with zero attached hydrogens (tertiary/aromatic N) is 1. The van der Waals surface area contributed by atoms with Crippen molar-refractivity contribution in [2.24, 2.45) is 0 Å². The first kappa shape index (κ1) is 20.0. The number of carbonyl (C=O) groups excluding carboxylic acids is 2. The lowest BCUT2D eigenvalue weighted by atomic mass is 10.0. The van der Waals surface area contributed by atoms with Gasteiger partial charge in [-0.25, -0.2) is 4.79 Å². The number of aryl methyl sites for hydroxylation is 2. The van der Waals surface area contributed by atoms with Gasteiger partial charge in [-0.15, -0.1) is 0 Å². The normalized spacial score (nSPS) is 13.6. The molecule has 7 nitrogen and oxygen atoms in total. The summed E-state index contributed by atoms with van der Waals surface area (Å²) in [6.45, 7) is 3.66. The summed E-state index contributed by atoms with van der Waals surface area (Å²) in [5.74, 6) is -0.155. The Labute approximate surface area is 177 Å². The molecule has 0 aromatic heterocycles. The van der Waals surface area contributed by atoms with Crippen LogP contribution in [0.25, 0.3) is 6.08 Å². The summed E-state index contributed by atoms with van der Waals surface area (Å²) in [5.41, 5.74) is 3.00. The number of rotatable bonds is 4. The van der Waals surface area contributed by atoms with Crippen molar-refractivity contribution in [2.75, 3.05) is 0 Å². The third-order valence-corrected chi connectivity index (χ3v) is 4.84. The van der Waals surface area contributed by atoms with Gasteiger partial charge < -0.3 is 9.47 Å². The summed E-state index contributed by atoms with van der Waals surface area (Å²) in [5, 5.41) is 10.8. The van der Waals surface area contributed by atoms with E-state index in [-0.39, 0.29) is 23.0 Å². The van der Waals surface area contributed by atoms with Gasteiger partial charge in [0, 0.05) is 18.2 Å². The number of hydrogen-bond acceptors (Lipinski definition) is 6. The van der Waals surface area contributed by atoms with Crippen molar-refractivity contribution in [3.8, 4) is 11.5 Å². The number of esters is 1. The van der Waals surface area contributed by atoms with Crippen LogP contribution in [0.5, 0.6) is 11.5 Å². The van der Waals surface area contributed by atoms with Crippen LogP contribution in [0.4, 0.5) is 5.69 Å². The minimum absolute atomic E-state index is 0.0417. The molecule has 1 aliphatic heterocycles. The maximum Gasteiger partial charge on any atom is 0.343 e. The minimum atomic E-state index is -0.509. The maximum absolute atomic E-state index is 12.8. The number of carbonyl (C=O) groups is 2. The van der Waals surface area contributed by atoms with Gasteiger partial charge in [0.15, 0.2) is 5.76 Å². The van der Waals surface area contributed by atoms with E-state index in [0.717, 1.165) is 5.56 Å². The van der Waals surface area contributed by atoms with Gasteiger partial charge in [0.2, 0.25) is 5.78 Å². The quantitative estimate of drug-likeness (QED) is 0.195. The minimum Gasteiger partial charge on any atom is -0.452 e. The molecule has 3 aromatic rings. The van der Waals surface area contributed by atoms with Gasteiger partial charge in [-0.1, -0.05) is 17.7 Å². The summed E-state index contributed by atoms with van der Waals surface area (Å²) < 4.78 is 11.2. The molecule has 0 bridgehead atoms. The SMILES string of the molecule is Cc1ccc(C(=O)Oc2cc(C)c3c(c2)O/C(=C\c2ccc([N+](=O)[O-])cc2)C3=O)cc1. The first-order valence-corrected chi connectivity index (χ1v) is 9.44. The molecule has 0 saturated carbocycles. The second kappa shape index (κ2) is 7.87. The van der Waals surface area contributed by atoms with Crippen molar-refractivity contribution in [1.29, 1.82) is 0 Å². The van der Waals surface area contributed by atoms with Crippen LogP contribution >= 0.6 is 0 Å². The van der Waals surface area contributed by atoms with E-state index in [4.69, 9.17) is 9.47 Å². The fourth-order valence-corrected chi connectivity index (χ4v) is 3.24. The summed E-state index contributed by atoms with van der Waals surface area (Å²) in [7, 11) is 0. The fraction of sp³-hybridized carbons (Fsp3) is 0.0833. The van der Waals surface area contributed by atoms with Crippen LogP contribution in [0, 0.1) is 24.0 Å². The largest absolute Gasteiger partial charge is 0.452 e. The summed E-state index contributed by atoms with van der Waals surface area (Å²) in [4.78, 5) is 35.5. The van der Waals surface area contributed by atoms with Crippen LogP contribution in [-0.4, -0.2) is 16.7 Å². The molecule has 0 amide bonds. The van der Waals surface area contributed by atoms with Gasteiger partial charge in [0.1, 0.15) is 11.5 Å². The predicted molar refractivity (Wildman–Crippen MR) is 113 cm³/mol. The Morgan fingerprint density at radius 2 is 1.71 bits per heavy atom. The fourth-order valence-electron chi connectivity index (χ4n) is 3.24. The molecule has 31 heavy (non-hydrogen) atoms. The molecule has 0 atom stereocenters. The number of ketones is 1. The van der Waals surface area contributed by atoms with Gasteiger partial charge in [-0.05, 0) is 61.4 Å². The lowest BCUT2D eigenvalue weighted by molar-refractivity contribution is -0.384. The van der Waals surface area contributed by atoms with Crippen molar-refractivity contribution >= 4 is 23.5 Å². The molecule has 0 N–H and O–H groups in total. The Morgan fingerprint density at radius 1 is 1.03 bits per heavy atom. The van der Waals surface area contributed by atoms with E-state index in [1.165, 1.54) is 36.4 Å². The second-order valence-electron chi connectivity index (χ2n) is 7.16. The molecular formula is C24H17NO6. The van der Waals surface area contributed by atoms with Gasteiger partial charge >= 0.3 is 5.97 Å². The molecule has 0 spiro atoms. The smallest absolute Gasteiger partial charge is 0.343 e. The Bertz CT molecular complexity index is 1240. The highest BCUT2D eigenvalue weighted by Gasteiger charge is 2.30. The maximum atomic E-state index is 12.8. The number of hydrogen-bond donors (Lipinski definition) is 0. The first-order chi connectivity index (χ1) is 14.8. The molecular weight excluding hydrogens is 398 g/mol. The van der Waals surface area contributed by atoms with E-state index in [0.29, 0.717) is 28.0 Å². The predicted octanol–water partition coefficient (Wildman–Crippen LogP) is 5.05. The Balaban J connectivity index is 1.58. The van der Waals surface area contributed by atoms with E-state index in [9.17, 15) is 19.7 Å². The molecule has 0 radical (unpaired) electrons. The average Bonchev–Trinajstić information content (AvgIpc) is 3.04. The number of ether oxygens (including phenoxy) is 2. The molecule has 154 valence electrons. The number of benzene rings is 3. The zero-order valence-electron chi connectivity index (χ0n) is 16.7. The Hall–Kier alpha value is -4.26. The van der Waals surface area contributed by atoms with Gasteiger partial charge in [-0.2, -0.15) is 0 Å².